The standard InChI is InChI=1S/C13H12FN3O3S/c1-7-17(11(6-21-7)12(18)19)13(20)16-10-3-2-9(14)4-8(10)5-15/h2-4,7,11H,6H2,1H3,(H,16,20)(H,18,19). The SMILES string of the molecule is CC1SCC(C(=O)O)N1C(=O)Nc1ccc(F)cc1C#N. The molecule has 1 fully saturated rings. The van der Waals surface area contributed by atoms with Crippen LogP contribution >= 0.6 is 11.8 Å². The first-order chi connectivity index (χ1) is 9.93. The summed E-state index contributed by atoms with van der Waals surface area (Å²) < 4.78 is 13.0. The van der Waals surface area contributed by atoms with Crippen molar-refractivity contribution in [3.8, 4) is 6.07 Å². The molecule has 6 nitrogen and oxygen atoms in total. The molecule has 0 saturated carbocycles. The number of hydrogen-bond acceptors (Lipinski definition) is 4. The molecule has 1 aromatic carbocycles. The van der Waals surface area contributed by atoms with Crippen molar-refractivity contribution in [2.75, 3.05) is 11.1 Å². The molecule has 1 aromatic rings. The number of halogens is 1. The summed E-state index contributed by atoms with van der Waals surface area (Å²) >= 11 is 1.35. The molecule has 0 aliphatic carbocycles. The van der Waals surface area contributed by atoms with E-state index in [0.717, 1.165) is 12.1 Å². The zero-order valence-corrected chi connectivity index (χ0v) is 11.9. The Bertz CT molecular complexity index is 632. The maximum atomic E-state index is 13.0. The molecule has 8 heteroatoms. The molecule has 0 spiro atoms. The number of rotatable bonds is 2. The van der Waals surface area contributed by atoms with Crippen LogP contribution in [0.25, 0.3) is 0 Å². The zero-order valence-electron chi connectivity index (χ0n) is 11.0. The van der Waals surface area contributed by atoms with E-state index < -0.39 is 23.9 Å². The minimum absolute atomic E-state index is 0.0188. The van der Waals surface area contributed by atoms with Crippen LogP contribution in [0.1, 0.15) is 12.5 Å². The first-order valence-corrected chi connectivity index (χ1v) is 7.12. The normalized spacial score (nSPS) is 20.9. The fraction of sp³-hybridized carbons (Fsp3) is 0.308. The number of benzene rings is 1. The van der Waals surface area contributed by atoms with Crippen LogP contribution in [0.3, 0.4) is 0 Å². The Morgan fingerprint density at radius 1 is 1.57 bits per heavy atom. The predicted octanol–water partition coefficient (Wildman–Crippen LogP) is 2.08. The van der Waals surface area contributed by atoms with Crippen LogP contribution in [-0.2, 0) is 4.79 Å². The van der Waals surface area contributed by atoms with Crippen molar-refractivity contribution in [2.24, 2.45) is 0 Å². The number of urea groups is 1. The number of carbonyl (C=O) groups is 2. The largest absolute Gasteiger partial charge is 0.480 e. The highest BCUT2D eigenvalue weighted by Crippen LogP contribution is 2.29. The highest BCUT2D eigenvalue weighted by atomic mass is 32.2. The van der Waals surface area contributed by atoms with Gasteiger partial charge in [0.25, 0.3) is 0 Å². The summed E-state index contributed by atoms with van der Waals surface area (Å²) in [5.41, 5.74) is 0.131. The van der Waals surface area contributed by atoms with Crippen LogP contribution in [0.15, 0.2) is 18.2 Å². The highest BCUT2D eigenvalue weighted by molar-refractivity contribution is 8.00. The molecular formula is C13H12FN3O3S. The van der Waals surface area contributed by atoms with Gasteiger partial charge in [-0.15, -0.1) is 11.8 Å². The minimum atomic E-state index is -1.08. The van der Waals surface area contributed by atoms with Crippen molar-refractivity contribution in [2.45, 2.75) is 18.3 Å². The number of nitrogens with one attached hydrogen (secondary N) is 1. The quantitative estimate of drug-likeness (QED) is 0.872. The molecule has 2 N–H and O–H groups in total. The van der Waals surface area contributed by atoms with Gasteiger partial charge in [-0.2, -0.15) is 5.26 Å². The number of aliphatic carboxylic acids is 1. The van der Waals surface area contributed by atoms with Gasteiger partial charge in [-0.25, -0.2) is 14.0 Å². The van der Waals surface area contributed by atoms with Crippen molar-refractivity contribution in [1.29, 1.82) is 5.26 Å². The number of carbonyl (C=O) groups excluding carboxylic acids is 1. The highest BCUT2D eigenvalue weighted by Gasteiger charge is 2.39. The lowest BCUT2D eigenvalue weighted by atomic mass is 10.2. The second kappa shape index (κ2) is 6.01. The smallest absolute Gasteiger partial charge is 0.327 e. The van der Waals surface area contributed by atoms with E-state index in [0.29, 0.717) is 5.75 Å². The van der Waals surface area contributed by atoms with Crippen molar-refractivity contribution in [1.82, 2.24) is 4.90 Å². The maximum absolute atomic E-state index is 13.0. The van der Waals surface area contributed by atoms with E-state index in [1.807, 2.05) is 0 Å². The Labute approximate surface area is 124 Å². The number of amides is 2. The van der Waals surface area contributed by atoms with Crippen LogP contribution < -0.4 is 5.32 Å². The summed E-state index contributed by atoms with van der Waals surface area (Å²) in [7, 11) is 0. The van der Waals surface area contributed by atoms with Crippen LogP contribution in [0.2, 0.25) is 0 Å². The minimum Gasteiger partial charge on any atom is -0.480 e. The third-order valence-electron chi connectivity index (χ3n) is 3.09. The number of nitriles is 1. The Kier molecular flexibility index (Phi) is 4.33. The third kappa shape index (κ3) is 3.08. The lowest BCUT2D eigenvalue weighted by Crippen LogP contribution is -2.46. The molecule has 0 radical (unpaired) electrons. The van der Waals surface area contributed by atoms with Gasteiger partial charge in [0, 0.05) is 5.75 Å². The van der Waals surface area contributed by atoms with Gasteiger partial charge < -0.3 is 10.4 Å². The molecular weight excluding hydrogens is 297 g/mol. The summed E-state index contributed by atoms with van der Waals surface area (Å²) in [4.78, 5) is 24.6. The van der Waals surface area contributed by atoms with Crippen molar-refractivity contribution in [3.63, 3.8) is 0 Å². The Hall–Kier alpha value is -2.27. The van der Waals surface area contributed by atoms with E-state index in [9.17, 15) is 14.0 Å². The Morgan fingerprint density at radius 2 is 2.29 bits per heavy atom. The fourth-order valence-electron chi connectivity index (χ4n) is 2.04. The first kappa shape index (κ1) is 15.1. The van der Waals surface area contributed by atoms with E-state index in [-0.39, 0.29) is 16.6 Å². The van der Waals surface area contributed by atoms with Gasteiger partial charge in [-0.05, 0) is 25.1 Å². The molecule has 1 aliphatic heterocycles. The summed E-state index contributed by atoms with van der Waals surface area (Å²) in [5.74, 6) is -1.36. The second-order valence-electron chi connectivity index (χ2n) is 4.43. The summed E-state index contributed by atoms with van der Waals surface area (Å²) in [6.45, 7) is 1.73. The Morgan fingerprint density at radius 3 is 2.90 bits per heavy atom. The summed E-state index contributed by atoms with van der Waals surface area (Å²) in [6.07, 6.45) is 0. The van der Waals surface area contributed by atoms with E-state index in [2.05, 4.69) is 5.32 Å². The number of hydrogen-bond donors (Lipinski definition) is 2. The summed E-state index contributed by atoms with van der Waals surface area (Å²) in [6, 6.07) is 3.64. The van der Waals surface area contributed by atoms with Crippen molar-refractivity contribution in [3.05, 3.63) is 29.6 Å². The van der Waals surface area contributed by atoms with Crippen LogP contribution in [0.5, 0.6) is 0 Å². The number of carboxylic acids is 1. The molecule has 1 heterocycles. The van der Waals surface area contributed by atoms with E-state index in [1.165, 1.54) is 22.7 Å². The van der Waals surface area contributed by atoms with E-state index in [4.69, 9.17) is 10.4 Å². The van der Waals surface area contributed by atoms with E-state index in [1.54, 1.807) is 13.0 Å². The maximum Gasteiger partial charge on any atom is 0.327 e. The molecule has 1 saturated heterocycles. The molecule has 2 unspecified atom stereocenters. The number of nitrogens with zero attached hydrogens (tertiary/aromatic N) is 2. The molecule has 2 rings (SSSR count). The predicted molar refractivity (Wildman–Crippen MR) is 75.3 cm³/mol. The van der Waals surface area contributed by atoms with Crippen LogP contribution in [0.4, 0.5) is 14.9 Å². The molecule has 1 aliphatic rings. The first-order valence-electron chi connectivity index (χ1n) is 6.07. The molecule has 2 atom stereocenters. The van der Waals surface area contributed by atoms with Crippen LogP contribution in [0, 0.1) is 17.1 Å². The lowest BCUT2D eigenvalue weighted by molar-refractivity contribution is -0.141. The molecule has 0 bridgehead atoms. The number of anilines is 1. The molecule has 2 amide bonds. The van der Waals surface area contributed by atoms with Crippen LogP contribution in [-0.4, -0.2) is 39.2 Å². The van der Waals surface area contributed by atoms with Gasteiger partial charge in [0.05, 0.1) is 16.6 Å². The van der Waals surface area contributed by atoms with Gasteiger partial charge in [-0.1, -0.05) is 0 Å². The van der Waals surface area contributed by atoms with Crippen molar-refractivity contribution >= 4 is 29.4 Å². The molecule has 0 aromatic heterocycles. The monoisotopic (exact) mass is 309 g/mol. The third-order valence-corrected chi connectivity index (χ3v) is 4.30. The number of carboxylic acid groups (broad SMARTS) is 1. The zero-order chi connectivity index (χ0) is 15.6. The lowest BCUT2D eigenvalue weighted by Gasteiger charge is -2.25. The topological polar surface area (TPSA) is 93.4 Å². The van der Waals surface area contributed by atoms with Gasteiger partial charge in [0.15, 0.2) is 0 Å². The fourth-order valence-corrected chi connectivity index (χ4v) is 3.21. The second-order valence-corrected chi connectivity index (χ2v) is 5.77. The van der Waals surface area contributed by atoms with Gasteiger partial charge >= 0.3 is 12.0 Å². The van der Waals surface area contributed by atoms with Gasteiger partial charge in [0.2, 0.25) is 0 Å². The molecule has 110 valence electrons. The average molecular weight is 309 g/mol. The van der Waals surface area contributed by atoms with E-state index >= 15 is 0 Å². The van der Waals surface area contributed by atoms with Crippen molar-refractivity contribution < 1.29 is 19.1 Å². The Balaban J connectivity index is 2.22. The summed E-state index contributed by atoms with van der Waals surface area (Å²) in [5, 5.41) is 20.2. The average Bonchev–Trinajstić information content (AvgIpc) is 2.82. The van der Waals surface area contributed by atoms with Gasteiger partial charge in [0.1, 0.15) is 17.9 Å². The number of thioether (sulfide) groups is 1. The molecule has 21 heavy (non-hydrogen) atoms. The van der Waals surface area contributed by atoms with Gasteiger partial charge in [-0.3, -0.25) is 4.90 Å².